The van der Waals surface area contributed by atoms with Crippen LogP contribution in [0.1, 0.15) is 64.4 Å². The number of allylic oxidation sites excluding steroid dienone is 2. The summed E-state index contributed by atoms with van der Waals surface area (Å²) in [6.45, 7) is 10.2. The molecule has 16 heteroatoms. The first-order valence-electron chi connectivity index (χ1n) is 17.4. The molecule has 298 valence electrons. The zero-order valence-corrected chi connectivity index (χ0v) is 32.0. The minimum atomic E-state index is -2.13. The van der Waals surface area contributed by atoms with E-state index >= 15 is 0 Å². The Morgan fingerprint density at radius 3 is 2.27 bits per heavy atom. The van der Waals surface area contributed by atoms with Crippen molar-refractivity contribution in [1.29, 1.82) is 0 Å². The number of ketones is 2. The lowest BCUT2D eigenvalue weighted by molar-refractivity contribution is -0.160. The fourth-order valence-corrected chi connectivity index (χ4v) is 6.77. The maximum absolute atomic E-state index is 14.2. The van der Waals surface area contributed by atoms with Gasteiger partial charge < -0.3 is 54.5 Å². The zero-order valence-electron chi connectivity index (χ0n) is 32.0. The van der Waals surface area contributed by atoms with E-state index in [1.807, 2.05) is 0 Å². The molecule has 3 aliphatic rings. The molecule has 6 N–H and O–H groups in total. The highest BCUT2D eigenvalue weighted by molar-refractivity contribution is 6.21. The molecule has 16 nitrogen and oxygen atoms in total. The summed E-state index contributed by atoms with van der Waals surface area (Å²) in [5.41, 5.74) is -2.66. The molecule has 5 rings (SSSR count). The number of aromatic hydroxyl groups is 2. The number of amides is 1. The van der Waals surface area contributed by atoms with Crippen LogP contribution < -0.4 is 14.8 Å². The number of ether oxygens (including phenoxy) is 5. The molecular weight excluding hydrogens is 722 g/mol. The van der Waals surface area contributed by atoms with Crippen molar-refractivity contribution in [2.45, 2.75) is 85.1 Å². The van der Waals surface area contributed by atoms with Gasteiger partial charge in [-0.1, -0.05) is 32.9 Å². The molecule has 8 unspecified atom stereocenters. The molecule has 0 saturated carbocycles. The van der Waals surface area contributed by atoms with Crippen molar-refractivity contribution >= 4 is 45.9 Å². The Hall–Kier alpha value is -5.45. The van der Waals surface area contributed by atoms with E-state index in [-0.39, 0.29) is 44.7 Å². The van der Waals surface area contributed by atoms with Crippen molar-refractivity contribution in [3.8, 4) is 23.0 Å². The largest absolute Gasteiger partial charge is 0.507 e. The molecule has 1 amide bonds. The van der Waals surface area contributed by atoms with Gasteiger partial charge >= 0.3 is 17.7 Å². The Bertz CT molecular complexity index is 2000. The fourth-order valence-electron chi connectivity index (χ4n) is 6.77. The molecule has 2 aromatic carbocycles. The summed E-state index contributed by atoms with van der Waals surface area (Å²) >= 11 is 0. The van der Waals surface area contributed by atoms with Crippen LogP contribution in [0.3, 0.4) is 0 Å². The highest BCUT2D eigenvalue weighted by Crippen LogP contribution is 2.54. The number of aliphatic hydroxyl groups excluding tert-OH is 1. The number of carbonyl (C=O) groups is 5. The number of phenolic OH excluding ortho intramolecular Hbond substituents is 2. The number of hydrogen-bond acceptors (Lipinski definition) is 14. The molecule has 0 spiro atoms. The second-order valence-electron chi connectivity index (χ2n) is 14.2. The number of aliphatic carboxylic acids is 1. The van der Waals surface area contributed by atoms with Crippen molar-refractivity contribution in [1.82, 2.24) is 0 Å². The molecule has 55 heavy (non-hydrogen) atoms. The van der Waals surface area contributed by atoms with Gasteiger partial charge in [-0.3, -0.25) is 19.2 Å². The van der Waals surface area contributed by atoms with E-state index in [9.17, 15) is 49.5 Å². The molecule has 0 radical (unpaired) electrons. The molecule has 5 bridgehead atoms. The van der Waals surface area contributed by atoms with Crippen LogP contribution in [-0.4, -0.2) is 98.4 Å². The quantitative estimate of drug-likeness (QED) is 0.187. The number of esters is 1. The molecule has 0 fully saturated rings. The van der Waals surface area contributed by atoms with Crippen LogP contribution in [0.25, 0.3) is 10.8 Å². The number of Topliss-reactive ketones (excluding diaryl/α,β-unsaturated/α-hetero) is 2. The summed E-state index contributed by atoms with van der Waals surface area (Å²) in [6.07, 6.45) is 2.81. The topological polar surface area (TPSA) is 245 Å². The van der Waals surface area contributed by atoms with Gasteiger partial charge in [0.25, 0.3) is 11.7 Å². The van der Waals surface area contributed by atoms with Gasteiger partial charge in [0.05, 0.1) is 35.1 Å². The van der Waals surface area contributed by atoms with E-state index in [0.717, 1.165) is 18.4 Å². The third-order valence-corrected chi connectivity index (χ3v) is 9.99. The average Bonchev–Trinajstić information content (AvgIpc) is 3.38. The van der Waals surface area contributed by atoms with Gasteiger partial charge in [-0.25, -0.2) is 4.79 Å². The smallest absolute Gasteiger partial charge is 0.341 e. The Morgan fingerprint density at radius 1 is 1.02 bits per heavy atom. The van der Waals surface area contributed by atoms with E-state index in [1.54, 1.807) is 13.8 Å². The van der Waals surface area contributed by atoms with Crippen molar-refractivity contribution in [2.24, 2.45) is 17.8 Å². The summed E-state index contributed by atoms with van der Waals surface area (Å²) < 4.78 is 28.7. The van der Waals surface area contributed by atoms with E-state index in [1.165, 1.54) is 66.9 Å². The van der Waals surface area contributed by atoms with E-state index < -0.39 is 95.0 Å². The third-order valence-electron chi connectivity index (χ3n) is 9.99. The number of carboxylic acid groups (broad SMARTS) is 1. The Morgan fingerprint density at radius 2 is 1.67 bits per heavy atom. The lowest BCUT2D eigenvalue weighted by atomic mass is 9.78. The van der Waals surface area contributed by atoms with Gasteiger partial charge in [0.15, 0.2) is 18.1 Å². The van der Waals surface area contributed by atoms with Gasteiger partial charge in [0.2, 0.25) is 0 Å². The van der Waals surface area contributed by atoms with Crippen LogP contribution in [0.4, 0.5) is 5.69 Å². The average molecular weight is 770 g/mol. The second-order valence-corrected chi connectivity index (χ2v) is 14.2. The fraction of sp³-hybridized carbons (Fsp3) is 0.462. The molecule has 3 heterocycles. The number of aliphatic hydroxyl groups is 2. The SMILES string of the molecule is COC1/C=C\OC2(C)Oc3c(C)c(O)c4c(O)c(cc(OCC(=O)O)c4c3C2=O)NC(=O)/C(C)=C/C=C/C(C)(O)C(=O)C(C)C(O)C(C)C(OC(C)=O)C1C. The lowest BCUT2D eigenvalue weighted by Crippen LogP contribution is -2.48. The predicted molar refractivity (Wildman–Crippen MR) is 196 cm³/mol. The first-order chi connectivity index (χ1) is 25.6. The number of rotatable bonds is 5. The lowest BCUT2D eigenvalue weighted by Gasteiger charge is -2.37. The maximum atomic E-state index is 14.2. The summed E-state index contributed by atoms with van der Waals surface area (Å²) in [5, 5.41) is 56.7. The number of fused-ring (bicyclic) bond motifs is 14. The molecule has 0 saturated heterocycles. The zero-order chi connectivity index (χ0) is 41.3. The summed E-state index contributed by atoms with van der Waals surface area (Å²) in [7, 11) is 1.37. The Kier molecular flexibility index (Phi) is 12.4. The van der Waals surface area contributed by atoms with E-state index in [2.05, 4.69) is 5.32 Å². The predicted octanol–water partition coefficient (Wildman–Crippen LogP) is 3.84. The summed E-state index contributed by atoms with van der Waals surface area (Å²) in [6, 6.07) is 1.08. The van der Waals surface area contributed by atoms with Crippen LogP contribution in [0.2, 0.25) is 0 Å². The van der Waals surface area contributed by atoms with Gasteiger partial charge in [0.1, 0.15) is 29.0 Å². The standard InChI is InChI=1S/C39H47NO15/c1-17-11-10-13-38(7,50)35(47)21(5)30(44)19(3)33(54-22(6)41)18(2)24(51-9)12-14-53-39(8)36(48)29-27-25(52-16-26(42)43)15-23(40-37(17)49)32(46)28(27)31(45)20(4)34(29)55-39/h10-15,18-19,21,24,30,33,44-46,50H,16H2,1-9H3,(H,40,49)(H,42,43)/b13-10+,14-12-,17-11+. The Balaban J connectivity index is 1.95. The normalized spacial score (nSPS) is 31.2. The molecule has 0 aliphatic carbocycles. The van der Waals surface area contributed by atoms with Crippen LogP contribution in [-0.2, 0) is 33.4 Å². The minimum Gasteiger partial charge on any atom is -0.507 e. The second kappa shape index (κ2) is 16.1. The number of methoxy groups -OCH3 is 1. The number of anilines is 1. The number of phenols is 2. The molecule has 3 aliphatic heterocycles. The summed E-state index contributed by atoms with van der Waals surface area (Å²) in [5.74, 6) is -11.0. The molecule has 8 atom stereocenters. The molecule has 2 aromatic rings. The van der Waals surface area contributed by atoms with Gasteiger partial charge in [0, 0.05) is 61.3 Å². The van der Waals surface area contributed by atoms with Crippen LogP contribution in [0.15, 0.2) is 42.2 Å². The van der Waals surface area contributed by atoms with Crippen molar-refractivity contribution in [3.05, 3.63) is 53.3 Å². The highest BCUT2D eigenvalue weighted by atomic mass is 16.7. The van der Waals surface area contributed by atoms with Gasteiger partial charge in [-0.2, -0.15) is 0 Å². The number of benzene rings is 2. The minimum absolute atomic E-state index is 0.00200. The van der Waals surface area contributed by atoms with E-state index in [4.69, 9.17) is 23.7 Å². The number of carbonyl (C=O) groups excluding carboxylic acids is 4. The first kappa shape index (κ1) is 42.3. The monoisotopic (exact) mass is 769 g/mol. The van der Waals surface area contributed by atoms with Crippen molar-refractivity contribution < 1.29 is 73.2 Å². The number of hydrogen-bond donors (Lipinski definition) is 6. The van der Waals surface area contributed by atoms with E-state index in [0.29, 0.717) is 0 Å². The van der Waals surface area contributed by atoms with Crippen LogP contribution in [0, 0.1) is 24.7 Å². The summed E-state index contributed by atoms with van der Waals surface area (Å²) in [4.78, 5) is 64.8. The maximum Gasteiger partial charge on any atom is 0.341 e. The first-order valence-corrected chi connectivity index (χ1v) is 17.4. The van der Waals surface area contributed by atoms with Gasteiger partial charge in [-0.05, 0) is 32.9 Å². The van der Waals surface area contributed by atoms with Gasteiger partial charge in [-0.15, -0.1) is 0 Å². The van der Waals surface area contributed by atoms with Crippen LogP contribution >= 0.6 is 0 Å². The van der Waals surface area contributed by atoms with Crippen LogP contribution in [0.5, 0.6) is 23.0 Å². The van der Waals surface area contributed by atoms with Crippen molar-refractivity contribution in [2.75, 3.05) is 19.0 Å². The Labute approximate surface area is 317 Å². The number of carboxylic acids is 1. The third kappa shape index (κ3) is 8.30. The number of nitrogens with one attached hydrogen (secondary N) is 1. The molecular formula is C39H47NO15. The van der Waals surface area contributed by atoms with Crippen molar-refractivity contribution in [3.63, 3.8) is 0 Å². The molecule has 0 aromatic heterocycles. The highest BCUT2D eigenvalue weighted by Gasteiger charge is 2.50.